The topological polar surface area (TPSA) is 40.6 Å². The number of carbonyl (C=O) groups is 2. The Hall–Kier alpha value is -2.14. The summed E-state index contributed by atoms with van der Waals surface area (Å²) in [4.78, 5) is 29.9. The van der Waals surface area contributed by atoms with Crippen LogP contribution in [0.4, 0.5) is 0 Å². The van der Waals surface area contributed by atoms with Crippen LogP contribution in [0.3, 0.4) is 0 Å². The molecule has 0 unspecified atom stereocenters. The quantitative estimate of drug-likeness (QED) is 0.849. The second-order valence-corrected chi connectivity index (χ2v) is 7.73. The summed E-state index contributed by atoms with van der Waals surface area (Å²) < 4.78 is 0. The third-order valence-corrected chi connectivity index (χ3v) is 6.41. The van der Waals surface area contributed by atoms with Crippen molar-refractivity contribution < 1.29 is 9.59 Å². The van der Waals surface area contributed by atoms with Gasteiger partial charge in [-0.25, -0.2) is 0 Å². The number of benzene rings is 1. The van der Waals surface area contributed by atoms with Crippen molar-refractivity contribution in [2.24, 2.45) is 5.41 Å². The van der Waals surface area contributed by atoms with Crippen LogP contribution in [-0.2, 0) is 4.79 Å². The van der Waals surface area contributed by atoms with Gasteiger partial charge in [-0.2, -0.15) is 11.3 Å². The summed E-state index contributed by atoms with van der Waals surface area (Å²) in [5, 5.41) is 3.81. The Morgan fingerprint density at radius 2 is 2.08 bits per heavy atom. The number of hydrogen-bond acceptors (Lipinski definition) is 3. The molecule has 0 N–H and O–H groups in total. The normalized spacial score (nSPS) is 26.0. The lowest BCUT2D eigenvalue weighted by molar-refractivity contribution is -0.135. The SMILES string of the molecule is CCN1CC[C@@]2(CN(C(=O)c3ccsc3)C[C@@H]2c2ccccc2)C1=O. The predicted molar refractivity (Wildman–Crippen MR) is 98.7 cm³/mol. The van der Waals surface area contributed by atoms with Gasteiger partial charge in [-0.1, -0.05) is 30.3 Å². The molecule has 0 bridgehead atoms. The van der Waals surface area contributed by atoms with Crippen LogP contribution in [0.2, 0.25) is 0 Å². The third kappa shape index (κ3) is 2.58. The average Bonchev–Trinajstić information content (AvgIpc) is 3.37. The lowest BCUT2D eigenvalue weighted by Gasteiger charge is -2.28. The Labute approximate surface area is 152 Å². The highest BCUT2D eigenvalue weighted by molar-refractivity contribution is 7.08. The minimum absolute atomic E-state index is 0.0433. The number of likely N-dealkylation sites (tertiary alicyclic amines) is 2. The van der Waals surface area contributed by atoms with Crippen molar-refractivity contribution in [1.82, 2.24) is 9.80 Å². The highest BCUT2D eigenvalue weighted by Gasteiger charge is 2.57. The van der Waals surface area contributed by atoms with Gasteiger partial charge in [0, 0.05) is 37.5 Å². The van der Waals surface area contributed by atoms with Gasteiger partial charge in [0.05, 0.1) is 11.0 Å². The molecule has 1 spiro atoms. The van der Waals surface area contributed by atoms with Crippen LogP contribution in [-0.4, -0.2) is 47.8 Å². The summed E-state index contributed by atoms with van der Waals surface area (Å²) >= 11 is 1.53. The van der Waals surface area contributed by atoms with E-state index in [0.717, 1.165) is 30.6 Å². The van der Waals surface area contributed by atoms with Crippen molar-refractivity contribution in [3.8, 4) is 0 Å². The minimum Gasteiger partial charge on any atom is -0.342 e. The highest BCUT2D eigenvalue weighted by atomic mass is 32.1. The summed E-state index contributed by atoms with van der Waals surface area (Å²) in [6.07, 6.45) is 0.826. The molecule has 130 valence electrons. The third-order valence-electron chi connectivity index (χ3n) is 5.72. The van der Waals surface area contributed by atoms with Crippen molar-refractivity contribution in [2.75, 3.05) is 26.2 Å². The Kier molecular flexibility index (Phi) is 4.12. The van der Waals surface area contributed by atoms with Crippen LogP contribution < -0.4 is 0 Å². The lowest BCUT2D eigenvalue weighted by atomic mass is 9.73. The first-order valence-electron chi connectivity index (χ1n) is 8.81. The maximum absolute atomic E-state index is 13.2. The van der Waals surface area contributed by atoms with E-state index >= 15 is 0 Å². The van der Waals surface area contributed by atoms with Crippen LogP contribution in [0, 0.1) is 5.41 Å². The molecule has 2 atom stereocenters. The standard InChI is InChI=1S/C20H22N2O2S/c1-2-21-10-9-20(19(21)24)14-22(18(23)16-8-11-25-13-16)12-17(20)15-6-4-3-5-7-15/h3-8,11,13,17H,2,9-10,12,14H2,1H3/t17-,20+/m1/s1. The van der Waals surface area contributed by atoms with Crippen molar-refractivity contribution in [3.63, 3.8) is 0 Å². The van der Waals surface area contributed by atoms with Gasteiger partial charge in [0.2, 0.25) is 5.91 Å². The zero-order valence-electron chi connectivity index (χ0n) is 14.4. The maximum atomic E-state index is 13.2. The fraction of sp³-hybridized carbons (Fsp3) is 0.400. The number of rotatable bonds is 3. The second-order valence-electron chi connectivity index (χ2n) is 6.95. The van der Waals surface area contributed by atoms with Crippen LogP contribution in [0.1, 0.15) is 35.2 Å². The molecule has 2 amide bonds. The largest absolute Gasteiger partial charge is 0.342 e. The number of hydrogen-bond donors (Lipinski definition) is 0. The molecule has 2 fully saturated rings. The van der Waals surface area contributed by atoms with Gasteiger partial charge in [0.25, 0.3) is 5.91 Å². The molecule has 4 nitrogen and oxygen atoms in total. The molecule has 25 heavy (non-hydrogen) atoms. The van der Waals surface area contributed by atoms with E-state index in [4.69, 9.17) is 0 Å². The van der Waals surface area contributed by atoms with E-state index in [0.29, 0.717) is 13.1 Å². The molecule has 5 heteroatoms. The first-order valence-corrected chi connectivity index (χ1v) is 9.76. The molecule has 4 rings (SSSR count). The zero-order chi connectivity index (χ0) is 17.4. The van der Waals surface area contributed by atoms with Gasteiger partial charge < -0.3 is 9.80 Å². The molecule has 0 saturated carbocycles. The van der Waals surface area contributed by atoms with E-state index in [1.165, 1.54) is 11.3 Å². The summed E-state index contributed by atoms with van der Waals surface area (Å²) in [5.74, 6) is 0.326. The smallest absolute Gasteiger partial charge is 0.254 e. The highest BCUT2D eigenvalue weighted by Crippen LogP contribution is 2.50. The maximum Gasteiger partial charge on any atom is 0.254 e. The molecule has 3 heterocycles. The number of nitrogens with zero attached hydrogens (tertiary/aromatic N) is 2. The first-order chi connectivity index (χ1) is 12.2. The molecular weight excluding hydrogens is 332 g/mol. The number of carbonyl (C=O) groups excluding carboxylic acids is 2. The van der Waals surface area contributed by atoms with E-state index < -0.39 is 5.41 Å². The Morgan fingerprint density at radius 3 is 2.72 bits per heavy atom. The predicted octanol–water partition coefficient (Wildman–Crippen LogP) is 3.23. The van der Waals surface area contributed by atoms with Gasteiger partial charge in [-0.15, -0.1) is 0 Å². The van der Waals surface area contributed by atoms with Gasteiger partial charge in [0.1, 0.15) is 0 Å². The van der Waals surface area contributed by atoms with E-state index in [9.17, 15) is 9.59 Å². The average molecular weight is 354 g/mol. The van der Waals surface area contributed by atoms with Gasteiger partial charge in [0.15, 0.2) is 0 Å². The van der Waals surface area contributed by atoms with E-state index in [1.54, 1.807) is 0 Å². The Balaban J connectivity index is 1.70. The molecule has 2 saturated heterocycles. The summed E-state index contributed by atoms with van der Waals surface area (Å²) in [6.45, 7) is 4.69. The molecule has 1 aromatic carbocycles. The lowest BCUT2D eigenvalue weighted by Crippen LogP contribution is -2.40. The minimum atomic E-state index is -0.469. The van der Waals surface area contributed by atoms with Gasteiger partial charge >= 0.3 is 0 Å². The van der Waals surface area contributed by atoms with Crippen molar-refractivity contribution in [1.29, 1.82) is 0 Å². The first kappa shape index (κ1) is 16.3. The summed E-state index contributed by atoms with van der Waals surface area (Å²) in [6, 6.07) is 12.1. The van der Waals surface area contributed by atoms with E-state index in [2.05, 4.69) is 12.1 Å². The molecule has 2 aliphatic rings. The summed E-state index contributed by atoms with van der Waals surface area (Å²) in [7, 11) is 0. The van der Waals surface area contributed by atoms with Crippen molar-refractivity contribution in [2.45, 2.75) is 19.3 Å². The van der Waals surface area contributed by atoms with E-state index in [1.807, 2.05) is 51.7 Å². The van der Waals surface area contributed by atoms with Crippen LogP contribution in [0.15, 0.2) is 47.2 Å². The second kappa shape index (κ2) is 6.30. The molecule has 2 aromatic rings. The van der Waals surface area contributed by atoms with Crippen LogP contribution >= 0.6 is 11.3 Å². The number of amides is 2. The summed E-state index contributed by atoms with van der Waals surface area (Å²) in [5.41, 5.74) is 1.42. The molecule has 1 aromatic heterocycles. The zero-order valence-corrected chi connectivity index (χ0v) is 15.2. The van der Waals surface area contributed by atoms with E-state index in [-0.39, 0.29) is 17.7 Å². The van der Waals surface area contributed by atoms with Crippen molar-refractivity contribution >= 4 is 23.2 Å². The van der Waals surface area contributed by atoms with Crippen LogP contribution in [0.5, 0.6) is 0 Å². The molecule has 0 aliphatic carbocycles. The molecular formula is C20H22N2O2S. The molecule has 2 aliphatic heterocycles. The van der Waals surface area contributed by atoms with Crippen LogP contribution in [0.25, 0.3) is 0 Å². The fourth-order valence-electron chi connectivity index (χ4n) is 4.37. The Morgan fingerprint density at radius 1 is 1.28 bits per heavy atom. The van der Waals surface area contributed by atoms with Gasteiger partial charge in [-0.3, -0.25) is 9.59 Å². The number of thiophene rings is 1. The molecule has 0 radical (unpaired) electrons. The van der Waals surface area contributed by atoms with Gasteiger partial charge in [-0.05, 0) is 30.4 Å². The Bertz CT molecular complexity index is 774. The fourth-order valence-corrected chi connectivity index (χ4v) is 5.00. The van der Waals surface area contributed by atoms with Crippen molar-refractivity contribution in [3.05, 3.63) is 58.3 Å². The monoisotopic (exact) mass is 354 g/mol.